The molecule has 1 saturated heterocycles. The number of amides is 2. The molecule has 3 rings (SSSR count). The van der Waals surface area contributed by atoms with E-state index in [0.29, 0.717) is 18.8 Å². The zero-order valence-corrected chi connectivity index (χ0v) is 17.6. The van der Waals surface area contributed by atoms with E-state index in [1.165, 1.54) is 37.9 Å². The second-order valence-electron chi connectivity index (χ2n) is 7.33. The van der Waals surface area contributed by atoms with Crippen molar-refractivity contribution >= 4 is 11.7 Å². The molecule has 0 aromatic heterocycles. The van der Waals surface area contributed by atoms with E-state index in [2.05, 4.69) is 27.7 Å². The van der Waals surface area contributed by atoms with Gasteiger partial charge in [-0.05, 0) is 74.0 Å². The van der Waals surface area contributed by atoms with Crippen LogP contribution in [0.2, 0.25) is 0 Å². The highest BCUT2D eigenvalue weighted by atomic mass is 16.5. The maximum Gasteiger partial charge on any atom is 0.319 e. The Kier molecular flexibility index (Phi) is 8.60. The van der Waals surface area contributed by atoms with Gasteiger partial charge in [-0.1, -0.05) is 24.6 Å². The molecule has 1 fully saturated rings. The van der Waals surface area contributed by atoms with Crippen LogP contribution in [0.5, 0.6) is 11.5 Å². The van der Waals surface area contributed by atoms with Crippen LogP contribution >= 0.6 is 0 Å². The monoisotopic (exact) mass is 409 g/mol. The Bertz CT molecular complexity index is 815. The SMILES string of the molecule is COc1ccc(NC(=O)NC/C=C\COc2cccc(CN3CCCCC3)c2)cc1. The third-order valence-electron chi connectivity index (χ3n) is 4.99. The summed E-state index contributed by atoms with van der Waals surface area (Å²) in [6, 6.07) is 15.2. The Morgan fingerprint density at radius 2 is 1.83 bits per heavy atom. The van der Waals surface area contributed by atoms with Crippen molar-refractivity contribution in [1.29, 1.82) is 0 Å². The molecule has 2 aromatic carbocycles. The minimum absolute atomic E-state index is 0.254. The predicted molar refractivity (Wildman–Crippen MR) is 120 cm³/mol. The Morgan fingerprint density at radius 1 is 1.03 bits per heavy atom. The predicted octanol–water partition coefficient (Wildman–Crippen LogP) is 4.44. The molecular formula is C24H31N3O3. The van der Waals surface area contributed by atoms with E-state index in [1.807, 2.05) is 24.3 Å². The molecule has 0 bridgehead atoms. The maximum absolute atomic E-state index is 11.9. The molecular weight excluding hydrogens is 378 g/mol. The summed E-state index contributed by atoms with van der Waals surface area (Å²) in [5, 5.41) is 5.56. The fourth-order valence-corrected chi connectivity index (χ4v) is 3.41. The number of methoxy groups -OCH3 is 1. The number of piperidine rings is 1. The smallest absolute Gasteiger partial charge is 0.319 e. The van der Waals surface area contributed by atoms with Gasteiger partial charge in [-0.3, -0.25) is 4.90 Å². The summed E-state index contributed by atoms with van der Waals surface area (Å²) in [5.41, 5.74) is 2.00. The highest BCUT2D eigenvalue weighted by Gasteiger charge is 2.10. The van der Waals surface area contributed by atoms with Gasteiger partial charge in [-0.2, -0.15) is 0 Å². The van der Waals surface area contributed by atoms with Gasteiger partial charge < -0.3 is 20.1 Å². The van der Waals surface area contributed by atoms with E-state index in [4.69, 9.17) is 9.47 Å². The summed E-state index contributed by atoms with van der Waals surface area (Å²) < 4.78 is 10.9. The van der Waals surface area contributed by atoms with Crippen molar-refractivity contribution < 1.29 is 14.3 Å². The number of carbonyl (C=O) groups excluding carboxylic acids is 1. The molecule has 0 unspecified atom stereocenters. The van der Waals surface area contributed by atoms with Crippen molar-refractivity contribution in [3.63, 3.8) is 0 Å². The minimum atomic E-state index is -0.254. The molecule has 6 nitrogen and oxygen atoms in total. The molecule has 0 spiro atoms. The number of ether oxygens (including phenoxy) is 2. The number of likely N-dealkylation sites (tertiary alicyclic amines) is 1. The van der Waals surface area contributed by atoms with E-state index in [9.17, 15) is 4.79 Å². The van der Waals surface area contributed by atoms with E-state index < -0.39 is 0 Å². The Morgan fingerprint density at radius 3 is 2.60 bits per heavy atom. The number of hydrogen-bond donors (Lipinski definition) is 2. The van der Waals surface area contributed by atoms with Gasteiger partial charge in [0.25, 0.3) is 0 Å². The lowest BCUT2D eigenvalue weighted by Crippen LogP contribution is -2.29. The summed E-state index contributed by atoms with van der Waals surface area (Å²) in [6.07, 6.45) is 7.74. The van der Waals surface area contributed by atoms with Crippen molar-refractivity contribution in [3.8, 4) is 11.5 Å². The molecule has 160 valence electrons. The molecule has 1 aliphatic heterocycles. The van der Waals surface area contributed by atoms with Crippen LogP contribution in [0.15, 0.2) is 60.7 Å². The molecule has 0 aliphatic carbocycles. The molecule has 0 atom stereocenters. The zero-order valence-electron chi connectivity index (χ0n) is 17.6. The third-order valence-corrected chi connectivity index (χ3v) is 4.99. The largest absolute Gasteiger partial charge is 0.497 e. The van der Waals surface area contributed by atoms with E-state index in [-0.39, 0.29) is 6.03 Å². The number of anilines is 1. The summed E-state index contributed by atoms with van der Waals surface area (Å²) in [5.74, 6) is 1.63. The average molecular weight is 410 g/mol. The third kappa shape index (κ3) is 7.44. The minimum Gasteiger partial charge on any atom is -0.497 e. The Balaban J connectivity index is 1.33. The first kappa shape index (κ1) is 21.7. The zero-order chi connectivity index (χ0) is 21.0. The van der Waals surface area contributed by atoms with E-state index in [1.54, 1.807) is 31.4 Å². The molecule has 0 saturated carbocycles. The van der Waals surface area contributed by atoms with Crippen LogP contribution in [-0.4, -0.2) is 44.3 Å². The number of nitrogens with zero attached hydrogens (tertiary/aromatic N) is 1. The summed E-state index contributed by atoms with van der Waals surface area (Å²) in [6.45, 7) is 4.26. The quantitative estimate of drug-likeness (QED) is 0.601. The number of benzene rings is 2. The topological polar surface area (TPSA) is 62.8 Å². The van der Waals surface area contributed by atoms with Crippen LogP contribution in [-0.2, 0) is 6.54 Å². The standard InChI is InChI=1S/C24H31N3O3/c1-29-22-12-10-21(11-13-22)26-24(28)25-14-3-6-17-30-23-9-7-8-20(18-23)19-27-15-4-2-5-16-27/h3,6-13,18H,2,4-5,14-17,19H2,1H3,(H2,25,26,28)/b6-3-. The van der Waals surface area contributed by atoms with Gasteiger partial charge in [0.1, 0.15) is 18.1 Å². The molecule has 1 aliphatic rings. The lowest BCUT2D eigenvalue weighted by atomic mass is 10.1. The van der Waals surface area contributed by atoms with E-state index in [0.717, 1.165) is 18.0 Å². The summed E-state index contributed by atoms with van der Waals surface area (Å²) in [4.78, 5) is 14.4. The number of hydrogen-bond acceptors (Lipinski definition) is 4. The summed E-state index contributed by atoms with van der Waals surface area (Å²) in [7, 11) is 1.61. The van der Waals surface area contributed by atoms with Crippen molar-refractivity contribution in [3.05, 3.63) is 66.2 Å². The molecule has 2 amide bonds. The van der Waals surface area contributed by atoms with Gasteiger partial charge in [-0.25, -0.2) is 4.79 Å². The fourth-order valence-electron chi connectivity index (χ4n) is 3.41. The fraction of sp³-hybridized carbons (Fsp3) is 0.375. The van der Waals surface area contributed by atoms with Gasteiger partial charge in [0, 0.05) is 18.8 Å². The lowest BCUT2D eigenvalue weighted by molar-refractivity contribution is 0.220. The molecule has 2 N–H and O–H groups in total. The second-order valence-corrected chi connectivity index (χ2v) is 7.33. The first-order valence-corrected chi connectivity index (χ1v) is 10.5. The first-order chi connectivity index (χ1) is 14.7. The van der Waals surface area contributed by atoms with Crippen LogP contribution in [0.25, 0.3) is 0 Å². The van der Waals surface area contributed by atoms with Crippen molar-refractivity contribution in [2.75, 3.05) is 38.7 Å². The number of carbonyl (C=O) groups is 1. The van der Waals surface area contributed by atoms with Gasteiger partial charge in [-0.15, -0.1) is 0 Å². The maximum atomic E-state index is 11.9. The summed E-state index contributed by atoms with van der Waals surface area (Å²) >= 11 is 0. The van der Waals surface area contributed by atoms with Gasteiger partial charge in [0.05, 0.1) is 7.11 Å². The number of nitrogens with one attached hydrogen (secondary N) is 2. The van der Waals surface area contributed by atoms with E-state index >= 15 is 0 Å². The Hall–Kier alpha value is -2.99. The van der Waals surface area contributed by atoms with Gasteiger partial charge in [0.15, 0.2) is 0 Å². The highest BCUT2D eigenvalue weighted by molar-refractivity contribution is 5.89. The molecule has 2 aromatic rings. The van der Waals surface area contributed by atoms with Crippen LogP contribution in [0.4, 0.5) is 10.5 Å². The van der Waals surface area contributed by atoms with Crippen molar-refractivity contribution in [2.45, 2.75) is 25.8 Å². The average Bonchev–Trinajstić information content (AvgIpc) is 2.78. The number of urea groups is 1. The van der Waals surface area contributed by atoms with Crippen LogP contribution in [0.3, 0.4) is 0 Å². The molecule has 30 heavy (non-hydrogen) atoms. The van der Waals surface area contributed by atoms with Crippen LogP contribution in [0, 0.1) is 0 Å². The molecule has 1 heterocycles. The molecule has 6 heteroatoms. The van der Waals surface area contributed by atoms with Gasteiger partial charge >= 0.3 is 6.03 Å². The van der Waals surface area contributed by atoms with Crippen LogP contribution in [0.1, 0.15) is 24.8 Å². The van der Waals surface area contributed by atoms with Gasteiger partial charge in [0.2, 0.25) is 0 Å². The molecule has 0 radical (unpaired) electrons. The van der Waals surface area contributed by atoms with Crippen LogP contribution < -0.4 is 20.1 Å². The highest BCUT2D eigenvalue weighted by Crippen LogP contribution is 2.18. The second kappa shape index (κ2) is 11.9. The lowest BCUT2D eigenvalue weighted by Gasteiger charge is -2.26. The number of rotatable bonds is 9. The normalized spacial score (nSPS) is 14.4. The van der Waals surface area contributed by atoms with Crippen molar-refractivity contribution in [1.82, 2.24) is 10.2 Å². The first-order valence-electron chi connectivity index (χ1n) is 10.5. The van der Waals surface area contributed by atoms with Crippen molar-refractivity contribution in [2.24, 2.45) is 0 Å². The Labute approximate surface area is 178 Å².